The Bertz CT molecular complexity index is 1100. The van der Waals surface area contributed by atoms with E-state index in [4.69, 9.17) is 4.74 Å². The minimum atomic E-state index is -0.343. The number of ketones is 1. The molecule has 0 aromatic heterocycles. The van der Waals surface area contributed by atoms with Crippen molar-refractivity contribution in [2.24, 2.45) is 0 Å². The van der Waals surface area contributed by atoms with Gasteiger partial charge in [-0.25, -0.2) is 4.90 Å². The molecule has 0 bridgehead atoms. The van der Waals surface area contributed by atoms with Crippen molar-refractivity contribution in [1.29, 1.82) is 0 Å². The molecule has 0 saturated carbocycles. The molecule has 0 radical (unpaired) electrons. The van der Waals surface area contributed by atoms with Gasteiger partial charge in [-0.05, 0) is 67.4 Å². The van der Waals surface area contributed by atoms with Crippen LogP contribution in [0, 0.1) is 13.8 Å². The highest BCUT2D eigenvalue weighted by atomic mass is 16.5. The summed E-state index contributed by atoms with van der Waals surface area (Å²) in [6.45, 7) is 3.87. The third-order valence-corrected chi connectivity index (χ3v) is 5.09. The first-order valence-corrected chi connectivity index (χ1v) is 9.27. The van der Waals surface area contributed by atoms with Crippen LogP contribution in [0.25, 0.3) is 0 Å². The molecule has 0 fully saturated rings. The van der Waals surface area contributed by atoms with Gasteiger partial charge >= 0.3 is 0 Å². The van der Waals surface area contributed by atoms with Crippen LogP contribution in [0.15, 0.2) is 66.7 Å². The van der Waals surface area contributed by atoms with Crippen LogP contribution in [0.1, 0.15) is 42.2 Å². The summed E-state index contributed by atoms with van der Waals surface area (Å²) in [5.41, 5.74) is 4.06. The van der Waals surface area contributed by atoms with E-state index >= 15 is 0 Å². The molecule has 5 nitrogen and oxygen atoms in total. The summed E-state index contributed by atoms with van der Waals surface area (Å²) in [6.07, 6.45) is 0. The lowest BCUT2D eigenvalue weighted by atomic mass is 10.0. The molecule has 0 saturated heterocycles. The highest BCUT2D eigenvalue weighted by molar-refractivity contribution is 6.34. The van der Waals surface area contributed by atoms with Gasteiger partial charge in [0.1, 0.15) is 5.75 Å². The molecule has 0 spiro atoms. The van der Waals surface area contributed by atoms with Gasteiger partial charge in [0.05, 0.1) is 16.8 Å². The number of carbonyl (C=O) groups is 3. The number of hydrogen-bond donors (Lipinski definition) is 0. The number of fused-ring (bicyclic) bond motifs is 1. The number of carbonyl (C=O) groups excluding carboxylic acids is 3. The first-order chi connectivity index (χ1) is 14.0. The third kappa shape index (κ3) is 3.43. The standard InChI is InChI=1S/C24H19NO4/c1-15-7-8-17(13-16(15)2)22(26)14-29-19-11-9-18(10-12-19)25-23(27)20-5-3-4-6-21(20)24(25)28/h3-13H,14H2,1-2H3. The minimum Gasteiger partial charge on any atom is -0.485 e. The fourth-order valence-corrected chi connectivity index (χ4v) is 3.26. The fourth-order valence-electron chi connectivity index (χ4n) is 3.26. The zero-order valence-corrected chi connectivity index (χ0v) is 16.1. The number of anilines is 1. The lowest BCUT2D eigenvalue weighted by molar-refractivity contribution is 0.0915. The van der Waals surface area contributed by atoms with Gasteiger partial charge in [0.2, 0.25) is 0 Å². The molecule has 5 heteroatoms. The molecule has 4 rings (SSSR count). The fraction of sp³-hybridized carbons (Fsp3) is 0.125. The van der Waals surface area contributed by atoms with E-state index in [2.05, 4.69) is 0 Å². The van der Waals surface area contributed by atoms with Gasteiger partial charge in [0.25, 0.3) is 11.8 Å². The van der Waals surface area contributed by atoms with Crippen molar-refractivity contribution in [3.63, 3.8) is 0 Å². The highest BCUT2D eigenvalue weighted by Crippen LogP contribution is 2.29. The summed E-state index contributed by atoms with van der Waals surface area (Å²) < 4.78 is 5.59. The molecule has 29 heavy (non-hydrogen) atoms. The molecular weight excluding hydrogens is 366 g/mol. The van der Waals surface area contributed by atoms with Crippen LogP contribution < -0.4 is 9.64 Å². The summed E-state index contributed by atoms with van der Waals surface area (Å²) >= 11 is 0. The Morgan fingerprint density at radius 1 is 0.828 bits per heavy atom. The van der Waals surface area contributed by atoms with E-state index in [9.17, 15) is 14.4 Å². The zero-order valence-electron chi connectivity index (χ0n) is 16.1. The van der Waals surface area contributed by atoms with E-state index in [1.54, 1.807) is 54.6 Å². The lowest BCUT2D eigenvalue weighted by Gasteiger charge is -2.14. The molecule has 0 atom stereocenters. The molecule has 1 heterocycles. The van der Waals surface area contributed by atoms with Crippen molar-refractivity contribution < 1.29 is 19.1 Å². The number of Topliss-reactive ketones (excluding diaryl/α,β-unsaturated/α-hetero) is 1. The predicted molar refractivity (Wildman–Crippen MR) is 110 cm³/mol. The second-order valence-electron chi connectivity index (χ2n) is 7.00. The normalized spacial score (nSPS) is 12.8. The molecule has 0 aliphatic carbocycles. The Kier molecular flexibility index (Phi) is 4.72. The van der Waals surface area contributed by atoms with Crippen LogP contribution in [0.3, 0.4) is 0 Å². The number of imide groups is 1. The number of benzene rings is 3. The van der Waals surface area contributed by atoms with Crippen LogP contribution in [0.5, 0.6) is 5.75 Å². The van der Waals surface area contributed by atoms with Crippen molar-refractivity contribution in [3.05, 3.63) is 94.5 Å². The van der Waals surface area contributed by atoms with Crippen LogP contribution in [0.4, 0.5) is 5.69 Å². The zero-order chi connectivity index (χ0) is 20.5. The first-order valence-electron chi connectivity index (χ1n) is 9.27. The van der Waals surface area contributed by atoms with Crippen molar-refractivity contribution in [3.8, 4) is 5.75 Å². The molecule has 1 aliphatic rings. The molecular formula is C24H19NO4. The number of aryl methyl sites for hydroxylation is 2. The second kappa shape index (κ2) is 7.36. The van der Waals surface area contributed by atoms with Gasteiger partial charge in [0, 0.05) is 5.56 Å². The van der Waals surface area contributed by atoms with Crippen molar-refractivity contribution >= 4 is 23.3 Å². The highest BCUT2D eigenvalue weighted by Gasteiger charge is 2.36. The van der Waals surface area contributed by atoms with E-state index in [1.165, 1.54) is 0 Å². The SMILES string of the molecule is Cc1ccc(C(=O)COc2ccc(N3C(=O)c4ccccc4C3=O)cc2)cc1C. The Morgan fingerprint density at radius 2 is 1.45 bits per heavy atom. The van der Waals surface area contributed by atoms with E-state index in [0.29, 0.717) is 28.1 Å². The van der Waals surface area contributed by atoms with E-state index in [0.717, 1.165) is 16.0 Å². The van der Waals surface area contributed by atoms with Gasteiger partial charge in [-0.15, -0.1) is 0 Å². The second-order valence-corrected chi connectivity index (χ2v) is 7.00. The molecule has 3 aromatic carbocycles. The smallest absolute Gasteiger partial charge is 0.266 e. The van der Waals surface area contributed by atoms with Crippen molar-refractivity contribution in [2.75, 3.05) is 11.5 Å². The van der Waals surface area contributed by atoms with Gasteiger partial charge in [-0.2, -0.15) is 0 Å². The lowest BCUT2D eigenvalue weighted by Crippen LogP contribution is -2.29. The van der Waals surface area contributed by atoms with Crippen molar-refractivity contribution in [2.45, 2.75) is 13.8 Å². The average Bonchev–Trinajstić information content (AvgIpc) is 2.99. The number of rotatable bonds is 5. The Hall–Kier alpha value is -3.73. The average molecular weight is 385 g/mol. The summed E-state index contributed by atoms with van der Waals surface area (Å²) in [5.74, 6) is -0.312. The van der Waals surface area contributed by atoms with Crippen LogP contribution in [-0.4, -0.2) is 24.2 Å². The molecule has 0 unspecified atom stereocenters. The van der Waals surface area contributed by atoms with Gasteiger partial charge < -0.3 is 4.74 Å². The quantitative estimate of drug-likeness (QED) is 0.483. The Balaban J connectivity index is 1.45. The van der Waals surface area contributed by atoms with Gasteiger partial charge in [0.15, 0.2) is 12.4 Å². The summed E-state index contributed by atoms with van der Waals surface area (Å²) in [7, 11) is 0. The van der Waals surface area contributed by atoms with Crippen molar-refractivity contribution in [1.82, 2.24) is 0 Å². The summed E-state index contributed by atoms with van der Waals surface area (Å²) in [4.78, 5) is 38.6. The topological polar surface area (TPSA) is 63.7 Å². The van der Waals surface area contributed by atoms with Crippen LogP contribution in [0.2, 0.25) is 0 Å². The molecule has 2 amide bonds. The summed E-state index contributed by atoms with van der Waals surface area (Å²) in [6, 6.07) is 18.9. The largest absolute Gasteiger partial charge is 0.485 e. The minimum absolute atomic E-state index is 0.0884. The van der Waals surface area contributed by atoms with Gasteiger partial charge in [-0.1, -0.05) is 24.3 Å². The number of amides is 2. The number of ether oxygens (including phenoxy) is 1. The van der Waals surface area contributed by atoms with E-state index in [1.807, 2.05) is 26.0 Å². The predicted octanol–water partition coefficient (Wildman–Crippen LogP) is 4.37. The molecule has 3 aromatic rings. The number of hydrogen-bond acceptors (Lipinski definition) is 4. The van der Waals surface area contributed by atoms with Gasteiger partial charge in [-0.3, -0.25) is 14.4 Å². The Morgan fingerprint density at radius 3 is 2.03 bits per heavy atom. The van der Waals surface area contributed by atoms with Crippen LogP contribution >= 0.6 is 0 Å². The van der Waals surface area contributed by atoms with E-state index in [-0.39, 0.29) is 24.2 Å². The maximum atomic E-state index is 12.5. The maximum absolute atomic E-state index is 12.5. The molecule has 0 N–H and O–H groups in total. The third-order valence-electron chi connectivity index (χ3n) is 5.09. The Labute approximate surface area is 168 Å². The monoisotopic (exact) mass is 385 g/mol. The molecule has 1 aliphatic heterocycles. The van der Waals surface area contributed by atoms with Crippen LogP contribution in [-0.2, 0) is 0 Å². The molecule has 144 valence electrons. The van der Waals surface area contributed by atoms with E-state index < -0.39 is 0 Å². The summed E-state index contributed by atoms with van der Waals surface area (Å²) in [5, 5.41) is 0. The first kappa shape index (κ1) is 18.6. The number of nitrogens with zero attached hydrogens (tertiary/aromatic N) is 1. The maximum Gasteiger partial charge on any atom is 0.266 e.